The molecule has 6 nitrogen and oxygen atoms in total. The highest BCUT2D eigenvalue weighted by Crippen LogP contribution is 2.36. The normalized spacial score (nSPS) is 25.5. The molecule has 0 aliphatic carbocycles. The van der Waals surface area contributed by atoms with Gasteiger partial charge in [0.05, 0.1) is 6.04 Å². The van der Waals surface area contributed by atoms with Gasteiger partial charge in [-0.15, -0.1) is 0 Å². The van der Waals surface area contributed by atoms with Gasteiger partial charge in [0.2, 0.25) is 10.0 Å². The number of pyridine rings is 1. The standard InChI is InChI=1S/C20H25N3O3S/c1-2-23-17-9-12-22(15-16-6-5-11-21-14-16)13-10-18(17)26-19-7-3-4-8-20(19)27(23,24)25/h3-8,11,14,17-18H,2,9-10,12-13,15H2,1H3/t17-,18-/m1/s1. The van der Waals surface area contributed by atoms with Gasteiger partial charge in [-0.05, 0) is 36.6 Å². The molecule has 0 radical (unpaired) electrons. The molecular weight excluding hydrogens is 362 g/mol. The van der Waals surface area contributed by atoms with E-state index in [-0.39, 0.29) is 17.0 Å². The first-order valence-corrected chi connectivity index (χ1v) is 10.9. The van der Waals surface area contributed by atoms with Gasteiger partial charge in [-0.2, -0.15) is 4.31 Å². The van der Waals surface area contributed by atoms with Gasteiger partial charge in [0.25, 0.3) is 0 Å². The maximum atomic E-state index is 13.2. The van der Waals surface area contributed by atoms with E-state index in [9.17, 15) is 8.42 Å². The maximum absolute atomic E-state index is 13.2. The number of benzene rings is 1. The second-order valence-corrected chi connectivity index (χ2v) is 8.95. The topological polar surface area (TPSA) is 62.7 Å². The number of likely N-dealkylation sites (tertiary alicyclic amines) is 1. The van der Waals surface area contributed by atoms with Gasteiger partial charge in [0.1, 0.15) is 16.7 Å². The van der Waals surface area contributed by atoms with Gasteiger partial charge in [0.15, 0.2) is 0 Å². The van der Waals surface area contributed by atoms with E-state index < -0.39 is 10.0 Å². The number of ether oxygens (including phenoxy) is 1. The van der Waals surface area contributed by atoms with Gasteiger partial charge in [0, 0.05) is 38.6 Å². The lowest BCUT2D eigenvalue weighted by Crippen LogP contribution is -2.46. The van der Waals surface area contributed by atoms with Crippen molar-refractivity contribution in [3.63, 3.8) is 0 Å². The van der Waals surface area contributed by atoms with Gasteiger partial charge in [-0.3, -0.25) is 9.88 Å². The van der Waals surface area contributed by atoms with Crippen molar-refractivity contribution in [1.82, 2.24) is 14.2 Å². The second-order valence-electron chi connectivity index (χ2n) is 7.09. The Balaban J connectivity index is 1.61. The van der Waals surface area contributed by atoms with E-state index in [0.717, 1.165) is 32.5 Å². The van der Waals surface area contributed by atoms with Crippen molar-refractivity contribution in [2.75, 3.05) is 19.6 Å². The average molecular weight is 388 g/mol. The Morgan fingerprint density at radius 1 is 1.15 bits per heavy atom. The van der Waals surface area contributed by atoms with Crippen molar-refractivity contribution in [1.29, 1.82) is 0 Å². The van der Waals surface area contributed by atoms with Crippen LogP contribution in [0, 0.1) is 0 Å². The Labute approximate surface area is 160 Å². The quantitative estimate of drug-likeness (QED) is 0.810. The molecule has 4 rings (SSSR count). The lowest BCUT2D eigenvalue weighted by atomic mass is 10.1. The van der Waals surface area contributed by atoms with Crippen LogP contribution >= 0.6 is 0 Å². The number of para-hydroxylation sites is 1. The summed E-state index contributed by atoms with van der Waals surface area (Å²) in [6.45, 7) is 4.88. The Morgan fingerprint density at radius 2 is 1.96 bits per heavy atom. The zero-order valence-electron chi connectivity index (χ0n) is 15.5. The fourth-order valence-corrected chi connectivity index (χ4v) is 5.93. The molecule has 2 aromatic rings. The van der Waals surface area contributed by atoms with Crippen LogP contribution < -0.4 is 4.74 Å². The molecule has 0 saturated carbocycles. The third-order valence-corrected chi connectivity index (χ3v) is 7.46. The molecule has 7 heteroatoms. The number of rotatable bonds is 3. The van der Waals surface area contributed by atoms with Crippen LogP contribution in [-0.4, -0.2) is 54.4 Å². The van der Waals surface area contributed by atoms with Crippen LogP contribution in [0.5, 0.6) is 5.75 Å². The van der Waals surface area contributed by atoms with Gasteiger partial charge in [-0.25, -0.2) is 8.42 Å². The number of hydrogen-bond acceptors (Lipinski definition) is 5. The van der Waals surface area contributed by atoms with Crippen LogP contribution in [0.1, 0.15) is 25.3 Å². The molecule has 0 spiro atoms. The third-order valence-electron chi connectivity index (χ3n) is 5.42. The van der Waals surface area contributed by atoms with Crippen molar-refractivity contribution in [2.45, 2.75) is 43.4 Å². The molecule has 1 aromatic carbocycles. The van der Waals surface area contributed by atoms with Gasteiger partial charge in [-0.1, -0.05) is 25.1 Å². The number of nitrogens with zero attached hydrogens (tertiary/aromatic N) is 3. The van der Waals surface area contributed by atoms with Crippen molar-refractivity contribution >= 4 is 10.0 Å². The molecule has 3 heterocycles. The van der Waals surface area contributed by atoms with Crippen molar-refractivity contribution < 1.29 is 13.2 Å². The van der Waals surface area contributed by atoms with E-state index >= 15 is 0 Å². The Hall–Kier alpha value is -1.96. The second kappa shape index (κ2) is 7.58. The minimum atomic E-state index is -3.55. The summed E-state index contributed by atoms with van der Waals surface area (Å²) >= 11 is 0. The molecule has 0 amide bonds. The van der Waals surface area contributed by atoms with Gasteiger partial charge < -0.3 is 4.74 Å². The number of hydrogen-bond donors (Lipinski definition) is 0. The van der Waals surface area contributed by atoms with Crippen molar-refractivity contribution in [2.24, 2.45) is 0 Å². The first kappa shape index (κ1) is 18.4. The molecule has 0 bridgehead atoms. The summed E-state index contributed by atoms with van der Waals surface area (Å²) in [6, 6.07) is 10.9. The summed E-state index contributed by atoms with van der Waals surface area (Å²) in [5, 5.41) is 0. The van der Waals surface area contributed by atoms with E-state index in [1.165, 1.54) is 5.56 Å². The fraction of sp³-hybridized carbons (Fsp3) is 0.450. The van der Waals surface area contributed by atoms with Crippen LogP contribution in [0.2, 0.25) is 0 Å². The highest BCUT2D eigenvalue weighted by molar-refractivity contribution is 7.89. The Kier molecular flexibility index (Phi) is 5.16. The van der Waals surface area contributed by atoms with Crippen molar-refractivity contribution in [3.05, 3.63) is 54.4 Å². The summed E-state index contributed by atoms with van der Waals surface area (Å²) in [7, 11) is -3.55. The number of sulfonamides is 1. The predicted molar refractivity (Wildman–Crippen MR) is 103 cm³/mol. The fourth-order valence-electron chi connectivity index (χ4n) is 4.12. The van der Waals surface area contributed by atoms with Crippen molar-refractivity contribution in [3.8, 4) is 5.75 Å². The molecule has 144 valence electrons. The lowest BCUT2D eigenvalue weighted by molar-refractivity contribution is 0.115. The maximum Gasteiger partial charge on any atom is 0.247 e. The van der Waals surface area contributed by atoms with E-state index in [4.69, 9.17) is 4.74 Å². The summed E-state index contributed by atoms with van der Waals surface area (Å²) in [4.78, 5) is 6.84. The molecule has 1 fully saturated rings. The Morgan fingerprint density at radius 3 is 2.74 bits per heavy atom. The summed E-state index contributed by atoms with van der Waals surface area (Å²) in [5.74, 6) is 0.476. The SMILES string of the molecule is CCN1[C@@H]2CCN(Cc3cccnc3)CC[C@H]2Oc2ccccc2S1(=O)=O. The van der Waals surface area contributed by atoms with Crippen LogP contribution in [0.4, 0.5) is 0 Å². The largest absolute Gasteiger partial charge is 0.487 e. The predicted octanol–water partition coefficient (Wildman–Crippen LogP) is 2.52. The van der Waals surface area contributed by atoms with E-state index in [2.05, 4.69) is 16.0 Å². The zero-order chi connectivity index (χ0) is 18.9. The van der Waals surface area contributed by atoms with Crippen LogP contribution in [0.3, 0.4) is 0 Å². The lowest BCUT2D eigenvalue weighted by Gasteiger charge is -2.30. The van der Waals surface area contributed by atoms with Crippen LogP contribution in [0.15, 0.2) is 53.7 Å². The summed E-state index contributed by atoms with van der Waals surface area (Å²) in [6.07, 6.45) is 5.08. The van der Waals surface area contributed by atoms with Crippen LogP contribution in [-0.2, 0) is 16.6 Å². The molecule has 2 atom stereocenters. The minimum Gasteiger partial charge on any atom is -0.487 e. The van der Waals surface area contributed by atoms with Gasteiger partial charge >= 0.3 is 0 Å². The van der Waals surface area contributed by atoms with E-state index in [0.29, 0.717) is 12.3 Å². The molecule has 27 heavy (non-hydrogen) atoms. The molecule has 0 N–H and O–H groups in total. The van der Waals surface area contributed by atoms with E-state index in [1.807, 2.05) is 25.3 Å². The highest BCUT2D eigenvalue weighted by atomic mass is 32.2. The number of fused-ring (bicyclic) bond motifs is 2. The highest BCUT2D eigenvalue weighted by Gasteiger charge is 2.42. The number of aromatic nitrogens is 1. The van der Waals surface area contributed by atoms with Crippen LogP contribution in [0.25, 0.3) is 0 Å². The first-order valence-electron chi connectivity index (χ1n) is 9.48. The smallest absolute Gasteiger partial charge is 0.247 e. The number of likely N-dealkylation sites (N-methyl/N-ethyl adjacent to an activating group) is 1. The minimum absolute atomic E-state index is 0.137. The van der Waals surface area contributed by atoms with E-state index in [1.54, 1.807) is 28.7 Å². The third kappa shape index (κ3) is 3.59. The molecule has 1 aromatic heterocycles. The summed E-state index contributed by atoms with van der Waals surface area (Å²) < 4.78 is 34.3. The summed E-state index contributed by atoms with van der Waals surface area (Å²) in [5.41, 5.74) is 1.17. The molecule has 2 aliphatic heterocycles. The molecule has 0 unspecified atom stereocenters. The Bertz CT molecular complexity index is 888. The zero-order valence-corrected chi connectivity index (χ0v) is 16.3. The average Bonchev–Trinajstić information content (AvgIpc) is 2.91. The molecule has 2 aliphatic rings. The molecule has 1 saturated heterocycles. The molecular formula is C20H25N3O3S. The first-order chi connectivity index (χ1) is 13.1. The monoisotopic (exact) mass is 387 g/mol.